The summed E-state index contributed by atoms with van der Waals surface area (Å²) in [6, 6.07) is -4.48. The van der Waals surface area contributed by atoms with Gasteiger partial charge in [-0.2, -0.15) is 11.8 Å². The number of carboxylic acids is 1. The van der Waals surface area contributed by atoms with Crippen molar-refractivity contribution < 1.29 is 29.4 Å². The average Bonchev–Trinajstić information content (AvgIpc) is 2.74. The zero-order valence-corrected chi connectivity index (χ0v) is 20.1. The Morgan fingerprint density at radius 3 is 2.06 bits per heavy atom. The van der Waals surface area contributed by atoms with Gasteiger partial charge in [0.1, 0.15) is 18.1 Å². The Morgan fingerprint density at radius 2 is 1.58 bits per heavy atom. The fraction of sp³-hybridized carbons (Fsp3) is 0.737. The summed E-state index contributed by atoms with van der Waals surface area (Å²) >= 11 is 1.42. The number of carbonyl (C=O) groups is 4. The van der Waals surface area contributed by atoms with E-state index in [-0.39, 0.29) is 24.7 Å². The van der Waals surface area contributed by atoms with Crippen molar-refractivity contribution in [2.45, 2.75) is 57.3 Å². The van der Waals surface area contributed by atoms with Crippen molar-refractivity contribution in [2.24, 2.45) is 28.1 Å². The first-order chi connectivity index (χ1) is 15.4. The molecule has 190 valence electrons. The molecule has 0 bridgehead atoms. The van der Waals surface area contributed by atoms with E-state index in [4.69, 9.17) is 17.2 Å². The number of nitrogens with one attached hydrogen (secondary N) is 3. The first-order valence-electron chi connectivity index (χ1n) is 10.5. The van der Waals surface area contributed by atoms with Gasteiger partial charge in [-0.1, -0.05) is 13.8 Å². The van der Waals surface area contributed by atoms with Crippen LogP contribution >= 0.6 is 11.8 Å². The van der Waals surface area contributed by atoms with Gasteiger partial charge in [0.25, 0.3) is 0 Å². The zero-order valence-electron chi connectivity index (χ0n) is 19.2. The minimum absolute atomic E-state index is 0.0639. The molecule has 0 radical (unpaired) electrons. The second kappa shape index (κ2) is 16.1. The van der Waals surface area contributed by atoms with Crippen molar-refractivity contribution in [1.29, 1.82) is 0 Å². The van der Waals surface area contributed by atoms with Crippen LogP contribution in [0.25, 0.3) is 0 Å². The van der Waals surface area contributed by atoms with Crippen molar-refractivity contribution in [3.05, 3.63) is 0 Å². The maximum Gasteiger partial charge on any atom is 0.326 e. The van der Waals surface area contributed by atoms with Gasteiger partial charge in [0, 0.05) is 6.54 Å². The van der Waals surface area contributed by atoms with Crippen LogP contribution < -0.4 is 33.2 Å². The van der Waals surface area contributed by atoms with E-state index in [0.29, 0.717) is 18.7 Å². The highest BCUT2D eigenvalue weighted by atomic mass is 32.2. The minimum atomic E-state index is -1.39. The Labute approximate surface area is 197 Å². The molecule has 0 aromatic rings. The van der Waals surface area contributed by atoms with E-state index < -0.39 is 54.5 Å². The first kappa shape index (κ1) is 30.4. The molecule has 0 saturated heterocycles. The number of carboxylic acid groups (broad SMARTS) is 1. The molecule has 3 amide bonds. The van der Waals surface area contributed by atoms with E-state index in [2.05, 4.69) is 20.9 Å². The molecule has 0 aliphatic carbocycles. The van der Waals surface area contributed by atoms with Gasteiger partial charge in [0.05, 0.1) is 12.6 Å². The number of amides is 3. The fourth-order valence-corrected chi connectivity index (χ4v) is 3.14. The van der Waals surface area contributed by atoms with E-state index in [9.17, 15) is 29.4 Å². The Bertz CT molecular complexity index is 688. The number of hydrogen-bond acceptors (Lipinski definition) is 8. The number of carbonyl (C=O) groups excluding carboxylic acids is 3. The summed E-state index contributed by atoms with van der Waals surface area (Å²) in [5.74, 6) is -3.27. The van der Waals surface area contributed by atoms with Crippen molar-refractivity contribution >= 4 is 41.4 Å². The summed E-state index contributed by atoms with van der Waals surface area (Å²) in [5, 5.41) is 26.0. The Balaban J connectivity index is 5.03. The molecule has 0 rings (SSSR count). The van der Waals surface area contributed by atoms with Crippen LogP contribution in [0.3, 0.4) is 0 Å². The number of guanidine groups is 1. The van der Waals surface area contributed by atoms with Gasteiger partial charge in [-0.3, -0.25) is 19.4 Å². The second-order valence-electron chi connectivity index (χ2n) is 7.71. The van der Waals surface area contributed by atoms with Crippen molar-refractivity contribution in [2.75, 3.05) is 25.2 Å². The number of rotatable bonds is 16. The molecule has 11 N–H and O–H groups in total. The van der Waals surface area contributed by atoms with Crippen LogP contribution in [0.5, 0.6) is 0 Å². The highest BCUT2D eigenvalue weighted by molar-refractivity contribution is 7.98. The predicted octanol–water partition coefficient (Wildman–Crippen LogP) is -2.69. The number of hydrogen-bond donors (Lipinski definition) is 8. The molecular weight excluding hydrogens is 454 g/mol. The maximum absolute atomic E-state index is 12.7. The van der Waals surface area contributed by atoms with E-state index in [0.717, 1.165) is 0 Å². The minimum Gasteiger partial charge on any atom is -0.480 e. The molecular formula is C19H37N7O6S. The number of nitrogens with zero attached hydrogens (tertiary/aromatic N) is 1. The summed E-state index contributed by atoms with van der Waals surface area (Å²) in [6.45, 7) is 2.92. The van der Waals surface area contributed by atoms with E-state index in [1.54, 1.807) is 20.1 Å². The molecule has 0 heterocycles. The van der Waals surface area contributed by atoms with Gasteiger partial charge in [0.2, 0.25) is 17.7 Å². The normalized spacial score (nSPS) is 14.5. The predicted molar refractivity (Wildman–Crippen MR) is 126 cm³/mol. The van der Waals surface area contributed by atoms with Crippen LogP contribution in [0.15, 0.2) is 4.99 Å². The van der Waals surface area contributed by atoms with Crippen LogP contribution in [-0.2, 0) is 19.2 Å². The van der Waals surface area contributed by atoms with Crippen molar-refractivity contribution in [3.8, 4) is 0 Å². The SMILES string of the molecule is CSCCC(NC(=O)C(CO)NC(=O)C(NC(=O)C(N)CCCN=C(N)N)C(C)C)C(=O)O. The summed E-state index contributed by atoms with van der Waals surface area (Å²) in [7, 11) is 0. The lowest BCUT2D eigenvalue weighted by atomic mass is 10.0. The third kappa shape index (κ3) is 12.3. The number of nitrogens with two attached hydrogens (primary N) is 3. The van der Waals surface area contributed by atoms with Crippen LogP contribution in [0.1, 0.15) is 33.1 Å². The Hall–Kier alpha value is -2.58. The lowest BCUT2D eigenvalue weighted by Crippen LogP contribution is -2.59. The van der Waals surface area contributed by atoms with E-state index in [1.165, 1.54) is 11.8 Å². The number of aliphatic hydroxyl groups excluding tert-OH is 1. The van der Waals surface area contributed by atoms with Crippen LogP contribution in [-0.4, -0.2) is 89.2 Å². The molecule has 0 aliphatic rings. The molecule has 33 heavy (non-hydrogen) atoms. The van der Waals surface area contributed by atoms with Crippen LogP contribution in [0, 0.1) is 5.92 Å². The lowest BCUT2D eigenvalue weighted by Gasteiger charge is -2.26. The maximum atomic E-state index is 12.7. The highest BCUT2D eigenvalue weighted by Crippen LogP contribution is 2.06. The molecule has 0 aromatic carbocycles. The summed E-state index contributed by atoms with van der Waals surface area (Å²) in [4.78, 5) is 52.7. The third-order valence-corrected chi connectivity index (χ3v) is 5.24. The van der Waals surface area contributed by atoms with Gasteiger partial charge in [-0.25, -0.2) is 4.79 Å². The van der Waals surface area contributed by atoms with Gasteiger partial charge < -0.3 is 43.4 Å². The monoisotopic (exact) mass is 491 g/mol. The van der Waals surface area contributed by atoms with Crippen molar-refractivity contribution in [3.63, 3.8) is 0 Å². The number of aliphatic carboxylic acids is 1. The number of thioether (sulfide) groups is 1. The topological polar surface area (TPSA) is 235 Å². The molecule has 4 atom stereocenters. The molecule has 0 aliphatic heterocycles. The summed E-state index contributed by atoms with van der Waals surface area (Å²) < 4.78 is 0. The third-order valence-electron chi connectivity index (χ3n) is 4.59. The largest absolute Gasteiger partial charge is 0.480 e. The van der Waals surface area contributed by atoms with E-state index >= 15 is 0 Å². The zero-order chi connectivity index (χ0) is 25.6. The van der Waals surface area contributed by atoms with E-state index in [1.807, 2.05) is 0 Å². The Morgan fingerprint density at radius 1 is 0.970 bits per heavy atom. The molecule has 0 aromatic heterocycles. The highest BCUT2D eigenvalue weighted by Gasteiger charge is 2.31. The molecule has 0 fully saturated rings. The molecule has 0 saturated carbocycles. The average molecular weight is 492 g/mol. The van der Waals surface area contributed by atoms with Gasteiger partial charge in [-0.15, -0.1) is 0 Å². The van der Waals surface area contributed by atoms with Crippen LogP contribution in [0.2, 0.25) is 0 Å². The Kier molecular flexibility index (Phi) is 14.8. The second-order valence-corrected chi connectivity index (χ2v) is 8.70. The van der Waals surface area contributed by atoms with Gasteiger partial charge >= 0.3 is 5.97 Å². The fourth-order valence-electron chi connectivity index (χ4n) is 2.67. The lowest BCUT2D eigenvalue weighted by molar-refractivity contribution is -0.142. The standard InChI is InChI=1S/C19H37N7O6S/c1-10(2)14(26-15(28)11(20)5-4-7-23-19(21)22)17(30)25-13(9-27)16(29)24-12(18(31)32)6-8-33-3/h10-14,27H,4-9,20H2,1-3H3,(H,24,29)(H,25,30)(H,26,28)(H,31,32)(H4,21,22,23). The molecule has 14 heteroatoms. The van der Waals surface area contributed by atoms with Gasteiger partial charge in [0.15, 0.2) is 5.96 Å². The molecule has 0 spiro atoms. The molecule has 13 nitrogen and oxygen atoms in total. The first-order valence-corrected chi connectivity index (χ1v) is 11.9. The smallest absolute Gasteiger partial charge is 0.326 e. The van der Waals surface area contributed by atoms with Gasteiger partial charge in [-0.05, 0) is 37.2 Å². The quantitative estimate of drug-likeness (QED) is 0.0632. The number of aliphatic imine (C=N–C) groups is 1. The summed E-state index contributed by atoms with van der Waals surface area (Å²) in [5.41, 5.74) is 16.3. The summed E-state index contributed by atoms with van der Waals surface area (Å²) in [6.07, 6.45) is 2.72. The van der Waals surface area contributed by atoms with Crippen LogP contribution in [0.4, 0.5) is 0 Å². The molecule has 4 unspecified atom stereocenters. The number of aliphatic hydroxyl groups is 1. The van der Waals surface area contributed by atoms with Crippen molar-refractivity contribution in [1.82, 2.24) is 16.0 Å².